The number of fused-ring (bicyclic) bond motifs is 3. The van der Waals surface area contributed by atoms with Crippen LogP contribution < -0.4 is 4.74 Å². The molecule has 0 aromatic carbocycles. The molecule has 2 aromatic heterocycles. The van der Waals surface area contributed by atoms with Crippen molar-refractivity contribution in [1.29, 1.82) is 5.26 Å². The number of nitrogens with zero attached hydrogens (tertiary/aromatic N) is 4. The van der Waals surface area contributed by atoms with Crippen LogP contribution in [-0.2, 0) is 11.2 Å². The highest BCUT2D eigenvalue weighted by atomic mass is 32.1. The summed E-state index contributed by atoms with van der Waals surface area (Å²) < 4.78 is 12.0. The first-order valence-corrected chi connectivity index (χ1v) is 12.8. The van der Waals surface area contributed by atoms with E-state index >= 15 is 0 Å². The number of thiophene rings is 1. The summed E-state index contributed by atoms with van der Waals surface area (Å²) in [6, 6.07) is 2.47. The molecule has 1 saturated carbocycles. The lowest BCUT2D eigenvalue weighted by Crippen LogP contribution is -2.43. The zero-order valence-corrected chi connectivity index (χ0v) is 20.9. The number of carbonyl (C=O) groups is 1. The smallest absolute Gasteiger partial charge is 0.410 e. The van der Waals surface area contributed by atoms with E-state index in [9.17, 15) is 4.79 Å². The molecule has 8 heteroatoms. The third-order valence-corrected chi connectivity index (χ3v) is 7.86. The van der Waals surface area contributed by atoms with Gasteiger partial charge in [0.05, 0.1) is 11.5 Å². The summed E-state index contributed by atoms with van der Waals surface area (Å²) in [6.07, 6.45) is 9.69. The average molecular weight is 471 g/mol. The van der Waals surface area contributed by atoms with Crippen molar-refractivity contribution in [3.63, 3.8) is 0 Å². The second kappa shape index (κ2) is 9.84. The fourth-order valence-electron chi connectivity index (χ4n) is 5.05. The van der Waals surface area contributed by atoms with Gasteiger partial charge in [0.2, 0.25) is 5.88 Å². The largest absolute Gasteiger partial charge is 0.474 e. The molecule has 2 heterocycles. The Morgan fingerprint density at radius 3 is 2.70 bits per heavy atom. The molecule has 0 saturated heterocycles. The van der Waals surface area contributed by atoms with E-state index in [1.807, 2.05) is 27.8 Å². The van der Waals surface area contributed by atoms with Crippen molar-refractivity contribution >= 4 is 27.6 Å². The number of rotatable bonds is 5. The van der Waals surface area contributed by atoms with Crippen LogP contribution in [0.15, 0.2) is 6.33 Å². The maximum atomic E-state index is 12.4. The van der Waals surface area contributed by atoms with Gasteiger partial charge in [-0.2, -0.15) is 5.26 Å². The quantitative estimate of drug-likeness (QED) is 0.535. The van der Waals surface area contributed by atoms with Gasteiger partial charge in [-0.3, -0.25) is 0 Å². The number of aryl methyl sites for hydroxylation is 1. The van der Waals surface area contributed by atoms with E-state index in [0.717, 1.165) is 61.6 Å². The van der Waals surface area contributed by atoms with Gasteiger partial charge in [-0.1, -0.05) is 0 Å². The number of carbonyl (C=O) groups excluding carboxylic acids is 1. The van der Waals surface area contributed by atoms with Gasteiger partial charge in [0.25, 0.3) is 0 Å². The lowest BCUT2D eigenvalue weighted by Gasteiger charge is -2.35. The summed E-state index contributed by atoms with van der Waals surface area (Å²) in [7, 11) is 1.83. The number of hydrogen-bond acceptors (Lipinski definition) is 7. The second-order valence-corrected chi connectivity index (χ2v) is 11.3. The number of aromatic nitrogens is 2. The molecule has 33 heavy (non-hydrogen) atoms. The summed E-state index contributed by atoms with van der Waals surface area (Å²) in [5.41, 5.74) is 0.833. The van der Waals surface area contributed by atoms with Gasteiger partial charge in [-0.15, -0.1) is 11.3 Å². The lowest BCUT2D eigenvalue weighted by atomic mass is 9.83. The number of nitriles is 1. The molecule has 2 aromatic rings. The predicted octanol–water partition coefficient (Wildman–Crippen LogP) is 5.97. The van der Waals surface area contributed by atoms with Crippen molar-refractivity contribution in [1.82, 2.24) is 14.9 Å². The predicted molar refractivity (Wildman–Crippen MR) is 129 cm³/mol. The SMILES string of the molecule is CN(C(=O)OC(C)(C)C)C1CCC(Oc2ncnc3sc4c(c23)C(CCC#N)CCC4)CC1. The van der Waals surface area contributed by atoms with Crippen molar-refractivity contribution in [2.45, 2.75) is 102 Å². The van der Waals surface area contributed by atoms with E-state index in [1.54, 1.807) is 22.6 Å². The molecule has 1 amide bonds. The van der Waals surface area contributed by atoms with Crippen molar-refractivity contribution in [3.05, 3.63) is 16.8 Å². The Bertz CT molecular complexity index is 1030. The van der Waals surface area contributed by atoms with Crippen molar-refractivity contribution in [3.8, 4) is 11.9 Å². The molecule has 1 fully saturated rings. The molecule has 2 aliphatic rings. The van der Waals surface area contributed by atoms with Crippen LogP contribution in [0.25, 0.3) is 10.2 Å². The van der Waals surface area contributed by atoms with E-state index in [2.05, 4.69) is 16.0 Å². The molecule has 178 valence electrons. The van der Waals surface area contributed by atoms with Crippen molar-refractivity contribution < 1.29 is 14.3 Å². The van der Waals surface area contributed by atoms with Crippen LogP contribution in [0.2, 0.25) is 0 Å². The Hall–Kier alpha value is -2.40. The van der Waals surface area contributed by atoms with Crippen LogP contribution >= 0.6 is 11.3 Å². The first-order chi connectivity index (χ1) is 15.8. The zero-order valence-electron chi connectivity index (χ0n) is 20.1. The van der Waals surface area contributed by atoms with Gasteiger partial charge in [0.15, 0.2) is 0 Å². The molecule has 4 rings (SSSR count). The minimum atomic E-state index is -0.491. The topological polar surface area (TPSA) is 88.3 Å². The molecule has 1 atom stereocenters. The summed E-state index contributed by atoms with van der Waals surface area (Å²) in [4.78, 5) is 25.6. The van der Waals surface area contributed by atoms with E-state index < -0.39 is 5.60 Å². The van der Waals surface area contributed by atoms with Crippen LogP contribution in [0.1, 0.15) is 88.5 Å². The Balaban J connectivity index is 1.46. The molecular formula is C25H34N4O3S. The first-order valence-electron chi connectivity index (χ1n) is 12.0. The monoisotopic (exact) mass is 470 g/mol. The average Bonchev–Trinajstić information content (AvgIpc) is 3.17. The van der Waals surface area contributed by atoms with Gasteiger partial charge in [0, 0.05) is 24.4 Å². The maximum absolute atomic E-state index is 12.4. The van der Waals surface area contributed by atoms with Gasteiger partial charge in [-0.05, 0) is 83.6 Å². The minimum absolute atomic E-state index is 0.0723. The molecule has 2 aliphatic carbocycles. The van der Waals surface area contributed by atoms with Gasteiger partial charge in [-0.25, -0.2) is 14.8 Å². The second-order valence-electron chi connectivity index (χ2n) is 10.2. The van der Waals surface area contributed by atoms with Crippen LogP contribution in [0.3, 0.4) is 0 Å². The molecule has 7 nitrogen and oxygen atoms in total. The van der Waals surface area contributed by atoms with Crippen LogP contribution in [0, 0.1) is 11.3 Å². The summed E-state index contributed by atoms with van der Waals surface area (Å²) in [5, 5.41) is 10.2. The highest BCUT2D eigenvalue weighted by Gasteiger charge is 2.32. The molecule has 0 spiro atoms. The van der Waals surface area contributed by atoms with Crippen LogP contribution in [0.5, 0.6) is 5.88 Å². The first kappa shape index (κ1) is 23.7. The van der Waals surface area contributed by atoms with Gasteiger partial charge < -0.3 is 14.4 Å². The van der Waals surface area contributed by atoms with Crippen molar-refractivity contribution in [2.75, 3.05) is 7.05 Å². The van der Waals surface area contributed by atoms with Crippen LogP contribution in [0.4, 0.5) is 4.79 Å². The normalized spacial score (nSPS) is 22.9. The van der Waals surface area contributed by atoms with Crippen LogP contribution in [-0.4, -0.2) is 45.8 Å². The third-order valence-electron chi connectivity index (χ3n) is 6.69. The minimum Gasteiger partial charge on any atom is -0.474 e. The Labute approximate surface area is 200 Å². The maximum Gasteiger partial charge on any atom is 0.410 e. The Kier molecular flexibility index (Phi) is 7.08. The molecule has 0 N–H and O–H groups in total. The van der Waals surface area contributed by atoms with Crippen molar-refractivity contribution in [2.24, 2.45) is 0 Å². The molecule has 0 radical (unpaired) electrons. The lowest BCUT2D eigenvalue weighted by molar-refractivity contribution is 0.0137. The third kappa shape index (κ3) is 5.40. The molecule has 0 bridgehead atoms. The number of amides is 1. The van der Waals surface area contributed by atoms with E-state index in [0.29, 0.717) is 18.2 Å². The van der Waals surface area contributed by atoms with E-state index in [-0.39, 0.29) is 18.2 Å². The van der Waals surface area contributed by atoms with Gasteiger partial charge >= 0.3 is 6.09 Å². The summed E-state index contributed by atoms with van der Waals surface area (Å²) >= 11 is 1.75. The summed E-state index contributed by atoms with van der Waals surface area (Å²) in [5.74, 6) is 1.07. The Morgan fingerprint density at radius 1 is 1.24 bits per heavy atom. The molecule has 1 unspecified atom stereocenters. The number of ether oxygens (including phenoxy) is 2. The zero-order chi connectivity index (χ0) is 23.6. The highest BCUT2D eigenvalue weighted by Crippen LogP contribution is 2.46. The molecule has 0 aliphatic heterocycles. The van der Waals surface area contributed by atoms with E-state index in [4.69, 9.17) is 14.7 Å². The Morgan fingerprint density at radius 2 is 2.00 bits per heavy atom. The summed E-state index contributed by atoms with van der Waals surface area (Å²) in [6.45, 7) is 5.67. The molecular weight excluding hydrogens is 436 g/mol. The number of hydrogen-bond donors (Lipinski definition) is 0. The highest BCUT2D eigenvalue weighted by molar-refractivity contribution is 7.18. The fourth-order valence-corrected chi connectivity index (χ4v) is 6.31. The standard InChI is InChI=1S/C25H34N4O3S/c1-25(2,3)32-24(30)29(4)17-10-12-18(13-11-17)31-22-21-20-16(8-6-14-26)7-5-9-19(20)33-23(21)28-15-27-22/h15-18H,5-13H2,1-4H3. The van der Waals surface area contributed by atoms with E-state index in [1.165, 1.54) is 10.4 Å². The van der Waals surface area contributed by atoms with Gasteiger partial charge in [0.1, 0.15) is 22.9 Å². The fraction of sp³-hybridized carbons (Fsp3) is 0.680.